The number of anilines is 1. The normalized spacial score (nSPS) is 10.7. The summed E-state index contributed by atoms with van der Waals surface area (Å²) in [6.45, 7) is 3.07. The number of nitriles is 1. The van der Waals surface area contributed by atoms with Crippen LogP contribution in [0.3, 0.4) is 0 Å². The van der Waals surface area contributed by atoms with Crippen LogP contribution in [0.15, 0.2) is 24.3 Å². The topological polar surface area (TPSA) is 44.1 Å². The molecule has 0 radical (unpaired) electrons. The summed E-state index contributed by atoms with van der Waals surface area (Å²) in [7, 11) is 1.52. The summed E-state index contributed by atoms with van der Waals surface area (Å²) >= 11 is 0. The van der Waals surface area contributed by atoms with E-state index in [0.717, 1.165) is 0 Å². The van der Waals surface area contributed by atoms with Crippen molar-refractivity contribution in [2.24, 2.45) is 5.41 Å². The molecular weight excluding hydrogens is 207 g/mol. The van der Waals surface area contributed by atoms with E-state index in [2.05, 4.69) is 0 Å². The van der Waals surface area contributed by atoms with Gasteiger partial charge in [-0.25, -0.2) is 4.39 Å². The Balaban J connectivity index is 3.00. The highest BCUT2D eigenvalue weighted by Gasteiger charge is 2.30. The van der Waals surface area contributed by atoms with Crippen molar-refractivity contribution in [3.05, 3.63) is 30.1 Å². The predicted molar refractivity (Wildman–Crippen MR) is 59.2 cm³/mol. The second kappa shape index (κ2) is 4.31. The molecule has 0 spiro atoms. The minimum Gasteiger partial charge on any atom is -0.314 e. The Morgan fingerprint density at radius 3 is 2.62 bits per heavy atom. The first kappa shape index (κ1) is 12.2. The molecule has 0 bridgehead atoms. The molecule has 1 aromatic rings. The monoisotopic (exact) mass is 220 g/mol. The molecule has 0 saturated carbocycles. The van der Waals surface area contributed by atoms with Crippen LogP contribution in [0.5, 0.6) is 0 Å². The molecular formula is C12H13FN2O. The zero-order chi connectivity index (χ0) is 12.3. The van der Waals surface area contributed by atoms with E-state index in [9.17, 15) is 9.18 Å². The third-order valence-corrected chi connectivity index (χ3v) is 2.31. The van der Waals surface area contributed by atoms with Gasteiger partial charge in [-0.3, -0.25) is 4.79 Å². The summed E-state index contributed by atoms with van der Waals surface area (Å²) in [5.41, 5.74) is -0.672. The number of carbonyl (C=O) groups is 1. The second-order valence-corrected chi connectivity index (χ2v) is 4.08. The average Bonchev–Trinajstić information content (AvgIpc) is 2.27. The van der Waals surface area contributed by atoms with Crippen LogP contribution in [0.25, 0.3) is 0 Å². The number of amides is 1. The zero-order valence-corrected chi connectivity index (χ0v) is 9.49. The molecule has 84 valence electrons. The molecule has 0 atom stereocenters. The fourth-order valence-corrected chi connectivity index (χ4v) is 1.27. The Morgan fingerprint density at radius 1 is 1.50 bits per heavy atom. The maximum absolute atomic E-state index is 13.0. The van der Waals surface area contributed by atoms with Crippen LogP contribution in [-0.2, 0) is 4.79 Å². The minimum atomic E-state index is -1.11. The van der Waals surface area contributed by atoms with Crippen molar-refractivity contribution in [2.75, 3.05) is 11.9 Å². The first-order chi connectivity index (χ1) is 7.38. The molecule has 0 N–H and O–H groups in total. The molecule has 0 aliphatic rings. The zero-order valence-electron chi connectivity index (χ0n) is 9.49. The van der Waals surface area contributed by atoms with Gasteiger partial charge in [-0.15, -0.1) is 0 Å². The van der Waals surface area contributed by atoms with Gasteiger partial charge < -0.3 is 4.90 Å². The number of benzene rings is 1. The molecule has 4 heteroatoms. The molecule has 0 aliphatic heterocycles. The lowest BCUT2D eigenvalue weighted by Crippen LogP contribution is -2.37. The Hall–Kier alpha value is -1.89. The van der Waals surface area contributed by atoms with E-state index in [0.29, 0.717) is 5.69 Å². The predicted octanol–water partition coefficient (Wildman–Crippen LogP) is 2.34. The summed E-state index contributed by atoms with van der Waals surface area (Å²) in [5.74, 6) is -0.771. The van der Waals surface area contributed by atoms with Crippen LogP contribution in [0.1, 0.15) is 13.8 Å². The highest BCUT2D eigenvalue weighted by molar-refractivity contribution is 5.98. The van der Waals surface area contributed by atoms with Crippen molar-refractivity contribution in [2.45, 2.75) is 13.8 Å². The van der Waals surface area contributed by atoms with Gasteiger partial charge in [-0.2, -0.15) is 5.26 Å². The molecule has 16 heavy (non-hydrogen) atoms. The van der Waals surface area contributed by atoms with Gasteiger partial charge in [0.2, 0.25) is 5.91 Å². The molecule has 1 aromatic carbocycles. The van der Waals surface area contributed by atoms with Crippen LogP contribution in [-0.4, -0.2) is 13.0 Å². The first-order valence-corrected chi connectivity index (χ1v) is 4.83. The molecule has 0 fully saturated rings. The van der Waals surface area contributed by atoms with E-state index in [1.54, 1.807) is 6.07 Å². The standard InChI is InChI=1S/C12H13FN2O/c1-12(2,8-14)11(16)15(3)10-6-4-5-9(13)7-10/h4-7H,1-3H3. The Morgan fingerprint density at radius 2 is 2.12 bits per heavy atom. The minimum absolute atomic E-state index is 0.361. The molecule has 1 amide bonds. The summed E-state index contributed by atoms with van der Waals surface area (Å²) in [6, 6.07) is 7.62. The number of halogens is 1. The van der Waals surface area contributed by atoms with Gasteiger partial charge in [0.05, 0.1) is 6.07 Å². The lowest BCUT2D eigenvalue weighted by atomic mass is 9.94. The van der Waals surface area contributed by atoms with Gasteiger partial charge in [0.25, 0.3) is 0 Å². The molecule has 0 aliphatic carbocycles. The quantitative estimate of drug-likeness (QED) is 0.767. The average molecular weight is 220 g/mol. The smallest absolute Gasteiger partial charge is 0.246 e. The molecule has 0 aromatic heterocycles. The highest BCUT2D eigenvalue weighted by atomic mass is 19.1. The maximum Gasteiger partial charge on any atom is 0.246 e. The summed E-state index contributed by atoms with van der Waals surface area (Å²) in [5, 5.41) is 8.84. The number of carbonyl (C=O) groups excluding carboxylic acids is 1. The molecule has 1 rings (SSSR count). The van der Waals surface area contributed by atoms with Crippen molar-refractivity contribution in [3.8, 4) is 6.07 Å². The van der Waals surface area contributed by atoms with E-state index in [4.69, 9.17) is 5.26 Å². The Kier molecular flexibility index (Phi) is 3.28. The first-order valence-electron chi connectivity index (χ1n) is 4.83. The van der Waals surface area contributed by atoms with Crippen molar-refractivity contribution in [1.29, 1.82) is 5.26 Å². The Labute approximate surface area is 94.1 Å². The Bertz CT molecular complexity index is 449. The number of hydrogen-bond donors (Lipinski definition) is 0. The maximum atomic E-state index is 13.0. The van der Waals surface area contributed by atoms with Crippen molar-refractivity contribution < 1.29 is 9.18 Å². The molecule has 0 unspecified atom stereocenters. The van der Waals surface area contributed by atoms with Gasteiger partial charge >= 0.3 is 0 Å². The van der Waals surface area contributed by atoms with E-state index in [-0.39, 0.29) is 5.91 Å². The third-order valence-electron chi connectivity index (χ3n) is 2.31. The number of nitrogens with zero attached hydrogens (tertiary/aromatic N) is 2. The van der Waals surface area contributed by atoms with Crippen LogP contribution in [0.4, 0.5) is 10.1 Å². The van der Waals surface area contributed by atoms with Gasteiger partial charge in [0.1, 0.15) is 11.2 Å². The largest absolute Gasteiger partial charge is 0.314 e. The fraction of sp³-hybridized carbons (Fsp3) is 0.333. The van der Waals surface area contributed by atoms with E-state index >= 15 is 0 Å². The lowest BCUT2D eigenvalue weighted by molar-refractivity contribution is -0.123. The highest BCUT2D eigenvalue weighted by Crippen LogP contribution is 2.22. The van der Waals surface area contributed by atoms with Crippen molar-refractivity contribution in [1.82, 2.24) is 0 Å². The molecule has 0 saturated heterocycles. The number of rotatable bonds is 2. The summed E-state index contributed by atoms with van der Waals surface area (Å²) in [4.78, 5) is 13.2. The van der Waals surface area contributed by atoms with E-state index in [1.807, 2.05) is 6.07 Å². The van der Waals surface area contributed by atoms with Crippen LogP contribution in [0, 0.1) is 22.6 Å². The van der Waals surface area contributed by atoms with Gasteiger partial charge in [0, 0.05) is 12.7 Å². The van der Waals surface area contributed by atoms with Gasteiger partial charge in [-0.05, 0) is 32.0 Å². The van der Waals surface area contributed by atoms with Gasteiger partial charge in [-0.1, -0.05) is 6.07 Å². The summed E-state index contributed by atoms with van der Waals surface area (Å²) in [6.07, 6.45) is 0. The lowest BCUT2D eigenvalue weighted by Gasteiger charge is -2.24. The van der Waals surface area contributed by atoms with Crippen molar-refractivity contribution >= 4 is 11.6 Å². The van der Waals surface area contributed by atoms with Crippen LogP contribution < -0.4 is 4.90 Å². The second-order valence-electron chi connectivity index (χ2n) is 4.08. The van der Waals surface area contributed by atoms with Crippen LogP contribution in [0.2, 0.25) is 0 Å². The molecule has 3 nitrogen and oxygen atoms in total. The summed E-state index contributed by atoms with van der Waals surface area (Å²) < 4.78 is 13.0. The van der Waals surface area contributed by atoms with Gasteiger partial charge in [0.15, 0.2) is 0 Å². The SMILES string of the molecule is CN(C(=O)C(C)(C)C#N)c1cccc(F)c1. The van der Waals surface area contributed by atoms with Crippen LogP contribution >= 0.6 is 0 Å². The molecule has 0 heterocycles. The third kappa shape index (κ3) is 2.37. The number of hydrogen-bond acceptors (Lipinski definition) is 2. The van der Waals surface area contributed by atoms with E-state index < -0.39 is 11.2 Å². The van der Waals surface area contributed by atoms with E-state index in [1.165, 1.54) is 44.0 Å². The van der Waals surface area contributed by atoms with Crippen molar-refractivity contribution in [3.63, 3.8) is 0 Å². The fourth-order valence-electron chi connectivity index (χ4n) is 1.27.